The van der Waals surface area contributed by atoms with Crippen LogP contribution in [-0.4, -0.2) is 22.1 Å². The van der Waals surface area contributed by atoms with Gasteiger partial charge in [0.2, 0.25) is 0 Å². The van der Waals surface area contributed by atoms with Gasteiger partial charge in [-0.15, -0.1) is 0 Å². The lowest BCUT2D eigenvalue weighted by molar-refractivity contribution is 0.0956. The molecule has 5 nitrogen and oxygen atoms in total. The van der Waals surface area contributed by atoms with Crippen LogP contribution in [0.15, 0.2) is 84.2 Å². The van der Waals surface area contributed by atoms with Crippen molar-refractivity contribution in [2.45, 2.75) is 6.92 Å². The van der Waals surface area contributed by atoms with E-state index in [4.69, 9.17) is 0 Å². The first-order valence-corrected chi connectivity index (χ1v) is 8.91. The SMILES string of the molecule is Cc1ccc(/C=N\NC(=O)c2cc(-c3cccnc3)nc3ccccc23)cc1. The molecule has 0 unspecified atom stereocenters. The Hall–Kier alpha value is -3.86. The topological polar surface area (TPSA) is 67.2 Å². The van der Waals surface area contributed by atoms with Crippen molar-refractivity contribution in [2.24, 2.45) is 5.10 Å². The van der Waals surface area contributed by atoms with Crippen LogP contribution in [-0.2, 0) is 0 Å². The van der Waals surface area contributed by atoms with E-state index in [0.29, 0.717) is 11.3 Å². The smallest absolute Gasteiger partial charge is 0.267 e. The van der Waals surface area contributed by atoms with E-state index in [2.05, 4.69) is 20.5 Å². The van der Waals surface area contributed by atoms with Gasteiger partial charge >= 0.3 is 0 Å². The Labute approximate surface area is 162 Å². The molecule has 0 radical (unpaired) electrons. The molecule has 0 atom stereocenters. The summed E-state index contributed by atoms with van der Waals surface area (Å²) in [5, 5.41) is 4.88. The summed E-state index contributed by atoms with van der Waals surface area (Å²) in [6.07, 6.45) is 5.06. The van der Waals surface area contributed by atoms with Gasteiger partial charge in [-0.05, 0) is 36.8 Å². The number of hydrogen-bond donors (Lipinski definition) is 1. The number of rotatable bonds is 4. The van der Waals surface area contributed by atoms with Gasteiger partial charge < -0.3 is 0 Å². The maximum atomic E-state index is 12.8. The molecule has 0 aliphatic carbocycles. The standard InChI is InChI=1S/C23H18N4O/c1-16-8-10-17(11-9-16)14-25-27-23(28)20-13-22(18-5-4-12-24-15-18)26-21-7-3-2-6-19(20)21/h2-15H,1H3,(H,27,28)/b25-14-. The Kier molecular flexibility index (Phi) is 4.89. The van der Waals surface area contributed by atoms with Gasteiger partial charge in [-0.25, -0.2) is 10.4 Å². The molecule has 0 fully saturated rings. The number of pyridine rings is 2. The zero-order valence-electron chi connectivity index (χ0n) is 15.3. The highest BCUT2D eigenvalue weighted by molar-refractivity contribution is 6.07. The molecule has 0 aliphatic rings. The van der Waals surface area contributed by atoms with E-state index in [1.807, 2.05) is 67.6 Å². The van der Waals surface area contributed by atoms with Crippen molar-refractivity contribution in [3.8, 4) is 11.3 Å². The van der Waals surface area contributed by atoms with Crippen molar-refractivity contribution >= 4 is 23.0 Å². The highest BCUT2D eigenvalue weighted by Crippen LogP contribution is 2.24. The summed E-state index contributed by atoms with van der Waals surface area (Å²) in [5.74, 6) is -0.285. The molecular formula is C23H18N4O. The number of hydrogen-bond acceptors (Lipinski definition) is 4. The van der Waals surface area contributed by atoms with Crippen LogP contribution in [0.4, 0.5) is 0 Å². The molecule has 2 aromatic carbocycles. The molecule has 4 rings (SSSR count). The van der Waals surface area contributed by atoms with E-state index in [-0.39, 0.29) is 5.91 Å². The maximum Gasteiger partial charge on any atom is 0.272 e. The molecule has 2 aromatic heterocycles. The monoisotopic (exact) mass is 366 g/mol. The third-order valence-corrected chi connectivity index (χ3v) is 4.38. The first-order chi connectivity index (χ1) is 13.7. The third-order valence-electron chi connectivity index (χ3n) is 4.38. The minimum atomic E-state index is -0.285. The summed E-state index contributed by atoms with van der Waals surface area (Å²) in [4.78, 5) is 21.6. The highest BCUT2D eigenvalue weighted by Gasteiger charge is 2.13. The van der Waals surface area contributed by atoms with Gasteiger partial charge in [0.05, 0.1) is 23.0 Å². The molecule has 0 spiro atoms. The lowest BCUT2D eigenvalue weighted by atomic mass is 10.0. The van der Waals surface area contributed by atoms with Crippen LogP contribution < -0.4 is 5.43 Å². The first kappa shape index (κ1) is 17.5. The molecule has 0 aliphatic heterocycles. The molecule has 136 valence electrons. The van der Waals surface area contributed by atoms with Gasteiger partial charge in [0.25, 0.3) is 5.91 Å². The van der Waals surface area contributed by atoms with E-state index in [1.54, 1.807) is 24.7 Å². The normalized spacial score (nSPS) is 11.0. The Balaban J connectivity index is 1.66. The molecule has 1 N–H and O–H groups in total. The quantitative estimate of drug-likeness (QED) is 0.431. The summed E-state index contributed by atoms with van der Waals surface area (Å²) in [7, 11) is 0. The second-order valence-corrected chi connectivity index (χ2v) is 6.42. The fourth-order valence-corrected chi connectivity index (χ4v) is 2.90. The minimum absolute atomic E-state index is 0.285. The fraction of sp³-hybridized carbons (Fsp3) is 0.0435. The molecule has 0 bridgehead atoms. The number of fused-ring (bicyclic) bond motifs is 1. The van der Waals surface area contributed by atoms with Crippen molar-refractivity contribution in [1.82, 2.24) is 15.4 Å². The van der Waals surface area contributed by atoms with E-state index in [9.17, 15) is 4.79 Å². The highest BCUT2D eigenvalue weighted by atomic mass is 16.2. The molecular weight excluding hydrogens is 348 g/mol. The molecule has 0 saturated heterocycles. The largest absolute Gasteiger partial charge is 0.272 e. The van der Waals surface area contributed by atoms with Crippen LogP contribution in [0.1, 0.15) is 21.5 Å². The maximum absolute atomic E-state index is 12.8. The number of carbonyl (C=O) groups is 1. The minimum Gasteiger partial charge on any atom is -0.267 e. The number of aryl methyl sites for hydroxylation is 1. The van der Waals surface area contributed by atoms with Crippen molar-refractivity contribution < 1.29 is 4.79 Å². The van der Waals surface area contributed by atoms with Gasteiger partial charge in [-0.3, -0.25) is 9.78 Å². The van der Waals surface area contributed by atoms with E-state index in [0.717, 1.165) is 22.0 Å². The van der Waals surface area contributed by atoms with Gasteiger partial charge in [0.1, 0.15) is 0 Å². The summed E-state index contributed by atoms with van der Waals surface area (Å²) in [5.41, 5.74) is 7.52. The van der Waals surface area contributed by atoms with Crippen molar-refractivity contribution in [3.05, 3.63) is 95.8 Å². The zero-order chi connectivity index (χ0) is 19.3. The molecule has 5 heteroatoms. The summed E-state index contributed by atoms with van der Waals surface area (Å²) in [6.45, 7) is 2.02. The van der Waals surface area contributed by atoms with Crippen molar-refractivity contribution in [2.75, 3.05) is 0 Å². The van der Waals surface area contributed by atoms with E-state index < -0.39 is 0 Å². The molecule has 2 heterocycles. The Morgan fingerprint density at radius 2 is 1.86 bits per heavy atom. The van der Waals surface area contributed by atoms with Crippen LogP contribution in [0.25, 0.3) is 22.2 Å². The molecule has 28 heavy (non-hydrogen) atoms. The molecule has 1 amide bonds. The number of nitrogens with one attached hydrogen (secondary N) is 1. The summed E-state index contributed by atoms with van der Waals surface area (Å²) in [6, 6.07) is 21.0. The van der Waals surface area contributed by atoms with E-state index >= 15 is 0 Å². The average molecular weight is 366 g/mol. The Morgan fingerprint density at radius 1 is 1.04 bits per heavy atom. The zero-order valence-corrected chi connectivity index (χ0v) is 15.3. The number of amides is 1. The predicted octanol–water partition coefficient (Wildman–Crippen LogP) is 4.37. The predicted molar refractivity (Wildman–Crippen MR) is 111 cm³/mol. The number of aromatic nitrogens is 2. The van der Waals surface area contributed by atoms with E-state index in [1.165, 1.54) is 5.56 Å². The van der Waals surface area contributed by atoms with Crippen LogP contribution in [0.5, 0.6) is 0 Å². The van der Waals surface area contributed by atoms with Gasteiger partial charge in [-0.2, -0.15) is 5.10 Å². The lowest BCUT2D eigenvalue weighted by Crippen LogP contribution is -2.18. The Morgan fingerprint density at radius 3 is 2.64 bits per heavy atom. The second-order valence-electron chi connectivity index (χ2n) is 6.42. The first-order valence-electron chi connectivity index (χ1n) is 8.91. The van der Waals surface area contributed by atoms with Gasteiger partial charge in [0, 0.05) is 23.3 Å². The Bertz CT molecular complexity index is 1150. The van der Waals surface area contributed by atoms with Crippen molar-refractivity contribution in [3.63, 3.8) is 0 Å². The summed E-state index contributed by atoms with van der Waals surface area (Å²) >= 11 is 0. The molecule has 4 aromatic rings. The van der Waals surface area contributed by atoms with Crippen LogP contribution in [0.3, 0.4) is 0 Å². The fourth-order valence-electron chi connectivity index (χ4n) is 2.90. The third kappa shape index (κ3) is 3.78. The second kappa shape index (κ2) is 7.80. The van der Waals surface area contributed by atoms with Gasteiger partial charge in [-0.1, -0.05) is 48.0 Å². The van der Waals surface area contributed by atoms with Gasteiger partial charge in [0.15, 0.2) is 0 Å². The summed E-state index contributed by atoms with van der Waals surface area (Å²) < 4.78 is 0. The number of carbonyl (C=O) groups excluding carboxylic acids is 1. The van der Waals surface area contributed by atoms with Crippen LogP contribution in [0.2, 0.25) is 0 Å². The number of nitrogens with zero attached hydrogens (tertiary/aromatic N) is 3. The number of para-hydroxylation sites is 1. The number of benzene rings is 2. The van der Waals surface area contributed by atoms with Crippen LogP contribution >= 0.6 is 0 Å². The molecule has 0 saturated carbocycles. The number of hydrazone groups is 1. The van der Waals surface area contributed by atoms with Crippen molar-refractivity contribution in [1.29, 1.82) is 0 Å². The van der Waals surface area contributed by atoms with Crippen LogP contribution in [0, 0.1) is 6.92 Å². The average Bonchev–Trinajstić information content (AvgIpc) is 2.75. The lowest BCUT2D eigenvalue weighted by Gasteiger charge is -2.08.